The van der Waals surface area contributed by atoms with Crippen LogP contribution in [-0.2, 0) is 22.7 Å². The summed E-state index contributed by atoms with van der Waals surface area (Å²) in [6.45, 7) is 1.54. The van der Waals surface area contributed by atoms with Crippen molar-refractivity contribution in [2.45, 2.75) is 77.3 Å². The summed E-state index contributed by atoms with van der Waals surface area (Å²) in [6, 6.07) is 42.6. The fourth-order valence-electron chi connectivity index (χ4n) is 6.60. The van der Waals surface area contributed by atoms with Gasteiger partial charge in [0.2, 0.25) is 0 Å². The molecular weight excluding hydrogens is 769 g/mol. The Balaban J connectivity index is 0.000000256. The normalized spacial score (nSPS) is 10.4. The number of nitrogens with one attached hydrogen (secondary N) is 2. The van der Waals surface area contributed by atoms with Gasteiger partial charge in [0.15, 0.2) is 0 Å². The first kappa shape index (κ1) is 46.3. The zero-order valence-electron chi connectivity index (χ0n) is 33.4. The monoisotopic (exact) mass is 818 g/mol. The standard InChI is InChI=1S/2C24H26N2O3.Ca/c2*27-23(28)15-9-1-2-10-16-26-18-20(17-22(26)19-11-5-3-6-12-19)24(29)25-21-13-7-4-8-14-21;/h2*3-8,11-14,17-18H,1-2,9-10,15-16H2,(H,25,29)(H,27,28);/q;;+2/p-2. The van der Waals surface area contributed by atoms with E-state index in [1.165, 1.54) is 0 Å². The maximum Gasteiger partial charge on any atom is 2.00 e. The van der Waals surface area contributed by atoms with Crippen LogP contribution in [0.2, 0.25) is 0 Å². The summed E-state index contributed by atoms with van der Waals surface area (Å²) in [7, 11) is 0. The molecule has 0 aliphatic heterocycles. The topological polar surface area (TPSA) is 148 Å². The first-order valence-electron chi connectivity index (χ1n) is 19.9. The third-order valence-corrected chi connectivity index (χ3v) is 9.58. The Hall–Kier alpha value is -5.42. The van der Waals surface area contributed by atoms with Gasteiger partial charge in [-0.1, -0.05) is 123 Å². The number of carboxylic acids is 2. The quantitative estimate of drug-likeness (QED) is 0.0593. The largest absolute Gasteiger partial charge is 2.00 e. The number of benzene rings is 4. The van der Waals surface area contributed by atoms with Gasteiger partial charge in [-0.25, -0.2) is 0 Å². The van der Waals surface area contributed by atoms with Gasteiger partial charge < -0.3 is 39.6 Å². The molecule has 0 unspecified atom stereocenters. The first-order valence-corrected chi connectivity index (χ1v) is 19.9. The molecule has 0 atom stereocenters. The molecule has 2 heterocycles. The number of aliphatic carboxylic acids is 2. The minimum absolute atomic E-state index is 0. The number of aromatic nitrogens is 2. The Morgan fingerprint density at radius 3 is 1.10 bits per heavy atom. The molecule has 0 radical (unpaired) electrons. The van der Waals surface area contributed by atoms with Gasteiger partial charge in [0.25, 0.3) is 11.8 Å². The van der Waals surface area contributed by atoms with Crippen LogP contribution >= 0.6 is 0 Å². The summed E-state index contributed by atoms with van der Waals surface area (Å²) in [4.78, 5) is 46.4. The van der Waals surface area contributed by atoms with Gasteiger partial charge in [-0.15, -0.1) is 0 Å². The van der Waals surface area contributed by atoms with Crippen LogP contribution in [0.25, 0.3) is 22.5 Å². The Bertz CT molecular complexity index is 2030. The first-order chi connectivity index (χ1) is 28.3. The summed E-state index contributed by atoms with van der Waals surface area (Å²) in [5.41, 5.74) is 6.87. The molecule has 0 spiro atoms. The summed E-state index contributed by atoms with van der Waals surface area (Å²) in [5, 5.41) is 26.9. The van der Waals surface area contributed by atoms with Gasteiger partial charge in [0, 0.05) is 60.2 Å². The van der Waals surface area contributed by atoms with E-state index in [1.54, 1.807) is 0 Å². The smallest absolute Gasteiger partial charge is 0.550 e. The molecule has 300 valence electrons. The number of unbranched alkanes of at least 4 members (excludes halogenated alkanes) is 6. The van der Waals surface area contributed by atoms with Crippen molar-refractivity contribution in [2.24, 2.45) is 0 Å². The number of rotatable bonds is 20. The molecule has 6 aromatic rings. The van der Waals surface area contributed by atoms with E-state index < -0.39 is 11.9 Å². The van der Waals surface area contributed by atoms with Crippen LogP contribution in [0.15, 0.2) is 146 Å². The number of carboxylic acid groups (broad SMARTS) is 2. The van der Waals surface area contributed by atoms with Gasteiger partial charge in [-0.05, 0) is 86.1 Å². The van der Waals surface area contributed by atoms with Crippen molar-refractivity contribution in [2.75, 3.05) is 10.6 Å². The SMILES string of the molecule is O=C([O-])CCCCCCn1cc(C(=O)Nc2ccccc2)cc1-c1ccccc1.O=C([O-])CCCCCCn1cc(C(=O)Nc2ccccc2)cc1-c1ccccc1.[Ca+2]. The number of carbonyl (C=O) groups excluding carboxylic acids is 4. The molecule has 2 amide bonds. The van der Waals surface area contributed by atoms with Crippen LogP contribution in [0.3, 0.4) is 0 Å². The molecule has 0 saturated carbocycles. The van der Waals surface area contributed by atoms with Crippen molar-refractivity contribution in [3.05, 3.63) is 157 Å². The Morgan fingerprint density at radius 2 is 0.763 bits per heavy atom. The summed E-state index contributed by atoms with van der Waals surface area (Å²) >= 11 is 0. The Kier molecular flexibility index (Phi) is 19.7. The third kappa shape index (κ3) is 15.7. The molecule has 11 heteroatoms. The van der Waals surface area contributed by atoms with E-state index in [2.05, 4.69) is 19.8 Å². The molecule has 2 aromatic heterocycles. The van der Waals surface area contributed by atoms with E-state index in [4.69, 9.17) is 0 Å². The molecule has 0 aliphatic rings. The summed E-state index contributed by atoms with van der Waals surface area (Å²) in [6.07, 6.45) is 10.7. The van der Waals surface area contributed by atoms with Crippen molar-refractivity contribution < 1.29 is 29.4 Å². The number of amides is 2. The van der Waals surface area contributed by atoms with Crippen LogP contribution in [-0.4, -0.2) is 70.6 Å². The zero-order valence-corrected chi connectivity index (χ0v) is 35.6. The summed E-state index contributed by atoms with van der Waals surface area (Å²) < 4.78 is 4.21. The average molecular weight is 819 g/mol. The number of anilines is 2. The average Bonchev–Trinajstić information content (AvgIpc) is 3.87. The van der Waals surface area contributed by atoms with E-state index in [1.807, 2.05) is 146 Å². The van der Waals surface area contributed by atoms with E-state index in [0.29, 0.717) is 24.0 Å². The maximum absolute atomic E-state index is 12.7. The number of carbonyl (C=O) groups is 4. The number of nitrogens with zero attached hydrogens (tertiary/aromatic N) is 2. The molecule has 10 nitrogen and oxygen atoms in total. The molecule has 0 saturated heterocycles. The molecule has 4 aromatic carbocycles. The van der Waals surface area contributed by atoms with Crippen molar-refractivity contribution in [3.63, 3.8) is 0 Å². The van der Waals surface area contributed by atoms with Gasteiger partial charge in [0.05, 0.1) is 11.1 Å². The van der Waals surface area contributed by atoms with Crippen molar-refractivity contribution >= 4 is 72.9 Å². The number of para-hydroxylation sites is 2. The molecule has 0 fully saturated rings. The molecule has 0 bridgehead atoms. The van der Waals surface area contributed by atoms with E-state index in [9.17, 15) is 29.4 Å². The van der Waals surface area contributed by atoms with Crippen LogP contribution in [0, 0.1) is 0 Å². The van der Waals surface area contributed by atoms with E-state index in [-0.39, 0.29) is 62.4 Å². The Morgan fingerprint density at radius 1 is 0.441 bits per heavy atom. The van der Waals surface area contributed by atoms with E-state index in [0.717, 1.165) is 85.5 Å². The van der Waals surface area contributed by atoms with Crippen molar-refractivity contribution in [1.82, 2.24) is 9.13 Å². The van der Waals surface area contributed by atoms with E-state index >= 15 is 0 Å². The predicted octanol–water partition coefficient (Wildman–Crippen LogP) is 7.83. The van der Waals surface area contributed by atoms with Crippen LogP contribution in [0.1, 0.15) is 84.9 Å². The minimum atomic E-state index is -0.990. The minimum Gasteiger partial charge on any atom is -0.550 e. The number of hydrogen-bond acceptors (Lipinski definition) is 6. The Labute approximate surface area is 376 Å². The number of aryl methyl sites for hydroxylation is 2. The second-order valence-corrected chi connectivity index (χ2v) is 14.1. The second-order valence-electron chi connectivity index (χ2n) is 14.1. The fraction of sp³-hybridized carbons (Fsp3) is 0.250. The van der Waals surface area contributed by atoms with Crippen molar-refractivity contribution in [1.29, 1.82) is 0 Å². The molecule has 0 aliphatic carbocycles. The molecular formula is C48H50CaN4O6. The maximum atomic E-state index is 12.7. The summed E-state index contributed by atoms with van der Waals surface area (Å²) in [5.74, 6) is -2.26. The van der Waals surface area contributed by atoms with Crippen molar-refractivity contribution in [3.8, 4) is 22.5 Å². The number of hydrogen-bond donors (Lipinski definition) is 2. The molecule has 6 rings (SSSR count). The zero-order chi connectivity index (χ0) is 41.0. The van der Waals surface area contributed by atoms with Gasteiger partial charge >= 0.3 is 37.7 Å². The van der Waals surface area contributed by atoms with Gasteiger partial charge in [-0.3, -0.25) is 9.59 Å². The van der Waals surface area contributed by atoms with Crippen LogP contribution < -0.4 is 20.8 Å². The van der Waals surface area contributed by atoms with Crippen LogP contribution in [0.5, 0.6) is 0 Å². The van der Waals surface area contributed by atoms with Gasteiger partial charge in [-0.2, -0.15) is 0 Å². The molecule has 59 heavy (non-hydrogen) atoms. The van der Waals surface area contributed by atoms with Gasteiger partial charge in [0.1, 0.15) is 0 Å². The van der Waals surface area contributed by atoms with Crippen LogP contribution in [0.4, 0.5) is 11.4 Å². The predicted molar refractivity (Wildman–Crippen MR) is 230 cm³/mol. The molecule has 2 N–H and O–H groups in total. The second kappa shape index (κ2) is 25.1. The third-order valence-electron chi connectivity index (χ3n) is 9.58. The fourth-order valence-corrected chi connectivity index (χ4v) is 6.60.